The number of carbonyl (C=O) groups excluding carboxylic acids is 2. The predicted molar refractivity (Wildman–Crippen MR) is 373 cm³/mol. The topological polar surface area (TPSA) is 108 Å². The van der Waals surface area contributed by atoms with E-state index in [1.807, 2.05) is 21.1 Å². The number of carboxylic acid groups (broad SMARTS) is 1. The molecule has 492 valence electrons. The minimum Gasteiger partial charge on any atom is -0.477 e. The normalized spacial score (nSPS) is 13.7. The Labute approximate surface area is 534 Å². The number of allylic oxidation sites excluding steroid dienone is 26. The largest absolute Gasteiger partial charge is 0.477 e. The van der Waals surface area contributed by atoms with Gasteiger partial charge in [-0.05, 0) is 122 Å². The number of carbonyl (C=O) groups is 3. The first-order chi connectivity index (χ1) is 42.6. The quantitative estimate of drug-likeness (QED) is 0.0211. The van der Waals surface area contributed by atoms with Gasteiger partial charge in [0.25, 0.3) is 6.29 Å². The van der Waals surface area contributed by atoms with Gasteiger partial charge in [-0.1, -0.05) is 281 Å². The molecule has 0 saturated carbocycles. The predicted octanol–water partition coefficient (Wildman–Crippen LogP) is 21.7. The number of rotatable bonds is 62. The molecular formula is C78H128NO8+. The molecule has 0 radical (unpaired) electrons. The van der Waals surface area contributed by atoms with Crippen LogP contribution in [-0.4, -0.2) is 87.4 Å². The van der Waals surface area contributed by atoms with Crippen LogP contribution >= 0.6 is 0 Å². The highest BCUT2D eigenvalue weighted by Crippen LogP contribution is 2.16. The molecular weight excluding hydrogens is 1080 g/mol. The molecule has 0 spiro atoms. The summed E-state index contributed by atoms with van der Waals surface area (Å²) in [7, 11) is 5.96. The second-order valence-corrected chi connectivity index (χ2v) is 23.7. The lowest BCUT2D eigenvalue weighted by atomic mass is 10.0. The average Bonchev–Trinajstić information content (AvgIpc) is 3.56. The van der Waals surface area contributed by atoms with Gasteiger partial charge in [-0.25, -0.2) is 4.79 Å². The summed E-state index contributed by atoms with van der Waals surface area (Å²) in [5.74, 6) is -2.06. The Kier molecular flexibility index (Phi) is 62.9. The van der Waals surface area contributed by atoms with E-state index in [0.717, 1.165) is 122 Å². The Hall–Kier alpha value is -5.09. The van der Waals surface area contributed by atoms with E-state index in [0.29, 0.717) is 17.4 Å². The zero-order valence-electron chi connectivity index (χ0n) is 56.1. The minimum atomic E-state index is -1.53. The summed E-state index contributed by atoms with van der Waals surface area (Å²) in [5, 5.41) is 9.74. The van der Waals surface area contributed by atoms with Crippen molar-refractivity contribution in [3.05, 3.63) is 158 Å². The number of aliphatic carboxylic acids is 1. The zero-order chi connectivity index (χ0) is 63.3. The van der Waals surface area contributed by atoms with Crippen LogP contribution in [0, 0.1) is 0 Å². The fourth-order valence-electron chi connectivity index (χ4n) is 9.06. The lowest BCUT2D eigenvalue weighted by Gasteiger charge is -2.25. The number of unbranched alkanes of at least 4 members (excludes halogenated alkanes) is 21. The number of nitrogens with zero attached hydrogens (tertiary/aromatic N) is 1. The maximum Gasteiger partial charge on any atom is 0.361 e. The van der Waals surface area contributed by atoms with Crippen LogP contribution in [0.5, 0.6) is 0 Å². The summed E-state index contributed by atoms with van der Waals surface area (Å²) in [6, 6.07) is 0. The summed E-state index contributed by atoms with van der Waals surface area (Å²) >= 11 is 0. The molecule has 0 aliphatic rings. The number of hydrogen-bond donors (Lipinski definition) is 1. The van der Waals surface area contributed by atoms with Crippen molar-refractivity contribution in [2.24, 2.45) is 0 Å². The summed E-state index contributed by atoms with van der Waals surface area (Å²) in [4.78, 5) is 37.6. The Bertz CT molecular complexity index is 1990. The van der Waals surface area contributed by atoms with Gasteiger partial charge in [-0.2, -0.15) is 0 Å². The summed E-state index contributed by atoms with van der Waals surface area (Å²) < 4.78 is 22.9. The van der Waals surface area contributed by atoms with Crippen LogP contribution in [0.25, 0.3) is 0 Å². The van der Waals surface area contributed by atoms with Crippen LogP contribution in [0.15, 0.2) is 158 Å². The Morgan fingerprint density at radius 2 is 0.621 bits per heavy atom. The van der Waals surface area contributed by atoms with Crippen molar-refractivity contribution in [1.29, 1.82) is 0 Å². The molecule has 1 N–H and O–H groups in total. The van der Waals surface area contributed by atoms with E-state index >= 15 is 0 Å². The molecule has 0 fully saturated rings. The smallest absolute Gasteiger partial charge is 0.361 e. The Balaban J connectivity index is 4.23. The third kappa shape index (κ3) is 68.3. The highest BCUT2D eigenvalue weighted by Gasteiger charge is 2.25. The van der Waals surface area contributed by atoms with Gasteiger partial charge in [-0.15, -0.1) is 0 Å². The van der Waals surface area contributed by atoms with E-state index in [2.05, 4.69) is 172 Å². The first-order valence-corrected chi connectivity index (χ1v) is 34.6. The molecule has 0 aliphatic carbocycles. The summed E-state index contributed by atoms with van der Waals surface area (Å²) in [6.07, 6.45) is 96.4. The fourth-order valence-corrected chi connectivity index (χ4v) is 9.06. The number of esters is 2. The van der Waals surface area contributed by atoms with Gasteiger partial charge in [0, 0.05) is 12.8 Å². The van der Waals surface area contributed by atoms with Crippen molar-refractivity contribution in [3.8, 4) is 0 Å². The van der Waals surface area contributed by atoms with E-state index in [-0.39, 0.29) is 38.6 Å². The Morgan fingerprint density at radius 1 is 0.345 bits per heavy atom. The van der Waals surface area contributed by atoms with E-state index in [9.17, 15) is 19.5 Å². The van der Waals surface area contributed by atoms with Crippen LogP contribution in [0.1, 0.15) is 258 Å². The zero-order valence-corrected chi connectivity index (χ0v) is 56.1. The van der Waals surface area contributed by atoms with E-state index in [4.69, 9.17) is 18.9 Å². The van der Waals surface area contributed by atoms with Crippen LogP contribution in [-0.2, 0) is 33.3 Å². The molecule has 2 atom stereocenters. The maximum atomic E-state index is 12.9. The highest BCUT2D eigenvalue weighted by molar-refractivity contribution is 5.71. The fraction of sp³-hybridized carbons (Fsp3) is 0.628. The summed E-state index contributed by atoms with van der Waals surface area (Å²) in [5.41, 5.74) is 0. The van der Waals surface area contributed by atoms with Gasteiger partial charge in [0.1, 0.15) is 13.2 Å². The third-order valence-electron chi connectivity index (χ3n) is 14.3. The van der Waals surface area contributed by atoms with Gasteiger partial charge >= 0.3 is 17.9 Å². The van der Waals surface area contributed by atoms with Crippen LogP contribution in [0.4, 0.5) is 0 Å². The van der Waals surface area contributed by atoms with Crippen molar-refractivity contribution in [2.75, 3.05) is 47.5 Å². The van der Waals surface area contributed by atoms with Gasteiger partial charge in [0.2, 0.25) is 0 Å². The second-order valence-electron chi connectivity index (χ2n) is 23.7. The van der Waals surface area contributed by atoms with Crippen molar-refractivity contribution in [3.63, 3.8) is 0 Å². The lowest BCUT2D eigenvalue weighted by molar-refractivity contribution is -0.870. The van der Waals surface area contributed by atoms with Crippen molar-refractivity contribution < 1.29 is 42.9 Å². The van der Waals surface area contributed by atoms with Gasteiger partial charge < -0.3 is 28.5 Å². The minimum absolute atomic E-state index is 0.173. The van der Waals surface area contributed by atoms with Crippen molar-refractivity contribution >= 4 is 17.9 Å². The number of ether oxygens (including phenoxy) is 4. The first kappa shape index (κ1) is 81.9. The van der Waals surface area contributed by atoms with E-state index in [1.165, 1.54) is 103 Å². The lowest BCUT2D eigenvalue weighted by Crippen LogP contribution is -2.40. The third-order valence-corrected chi connectivity index (χ3v) is 14.3. The van der Waals surface area contributed by atoms with Gasteiger partial charge in [-0.3, -0.25) is 9.59 Å². The van der Waals surface area contributed by atoms with Crippen LogP contribution < -0.4 is 0 Å². The molecule has 9 nitrogen and oxygen atoms in total. The van der Waals surface area contributed by atoms with E-state index < -0.39 is 24.3 Å². The maximum absolute atomic E-state index is 12.9. The molecule has 0 aromatic heterocycles. The van der Waals surface area contributed by atoms with Gasteiger partial charge in [0.05, 0.1) is 34.4 Å². The number of likely N-dealkylation sites (N-methyl/N-ethyl adjacent to an activating group) is 1. The highest BCUT2D eigenvalue weighted by atomic mass is 16.7. The average molecular weight is 1210 g/mol. The van der Waals surface area contributed by atoms with Gasteiger partial charge in [0.15, 0.2) is 6.10 Å². The van der Waals surface area contributed by atoms with Crippen molar-refractivity contribution in [1.82, 2.24) is 0 Å². The molecule has 0 bridgehead atoms. The van der Waals surface area contributed by atoms with Crippen LogP contribution in [0.2, 0.25) is 0 Å². The molecule has 87 heavy (non-hydrogen) atoms. The molecule has 2 unspecified atom stereocenters. The number of quaternary nitrogens is 1. The molecule has 9 heteroatoms. The molecule has 0 rings (SSSR count). The van der Waals surface area contributed by atoms with Crippen LogP contribution in [0.3, 0.4) is 0 Å². The second kappa shape index (κ2) is 66.9. The first-order valence-electron chi connectivity index (χ1n) is 34.6. The SMILES string of the molecule is CC/C=C\C/C=C\C/C=C\C/C=C\C/C=C\C/C=C\C/C=C\C/C=C\C/C=C\CCCCCC(=O)OC(COC(=O)CCCCCCCCCCCCCCCCCCCC/C=C\C/C=C\C/C=C\C/C=C\CC)COC(OCC[N+](C)(C)C)C(=O)O. The van der Waals surface area contributed by atoms with Crippen molar-refractivity contribution in [2.45, 2.75) is 270 Å². The molecule has 0 aromatic carbocycles. The molecule has 0 amide bonds. The molecule has 0 aliphatic heterocycles. The Morgan fingerprint density at radius 3 is 0.931 bits per heavy atom. The summed E-state index contributed by atoms with van der Waals surface area (Å²) in [6.45, 7) is 4.61. The molecule has 0 heterocycles. The standard InChI is InChI=1S/C78H127NO8/c1-6-8-10-12-14-16-18-20-22-24-26-28-30-32-34-36-38-40-42-44-46-48-50-52-54-56-58-60-62-64-66-68-75(80)85-72-74(73-86-78(77(82)83)84-71-70-79(3,4)5)87-76(81)69-67-65-63-61-59-57-55-53-51-49-47-45-43-41-39-37-35-33-31-29-27-25-23-21-19-17-15-13-11-9-7-2/h8-11,14-17,20-23,26-29,33,35,39,41,45,47,51,53,57,59,74,78H,6-7,12-13,18-19,24-25,30-32,34,36-38,40,42-44,46,48-50,52,54-56,58,60-73H2,1-5H3/p+1/b10-8-,11-9-,16-14-,17-15-,22-20-,23-21-,28-26-,29-27-,35-33-,41-39-,47-45-,53-51-,59-57-. The van der Waals surface area contributed by atoms with E-state index in [1.54, 1.807) is 0 Å². The molecule has 0 aromatic rings. The monoisotopic (exact) mass is 1210 g/mol. The number of carboxylic acids is 1. The molecule has 0 saturated heterocycles. The number of hydrogen-bond acceptors (Lipinski definition) is 7.